The monoisotopic (exact) mass is 258 g/mol. The standard InChI is InChI=1S/C10H11ClN2O4/c1-13(10(15)16-2)17-9(14)12-8-5-3-4-7(11)6-8/h3-6H,1-2H3,(H,12,14). The van der Waals surface area contributed by atoms with E-state index in [1.165, 1.54) is 14.2 Å². The Morgan fingerprint density at radius 3 is 2.71 bits per heavy atom. The van der Waals surface area contributed by atoms with E-state index in [9.17, 15) is 9.59 Å². The van der Waals surface area contributed by atoms with E-state index in [1.54, 1.807) is 24.3 Å². The van der Waals surface area contributed by atoms with Crippen molar-refractivity contribution in [2.75, 3.05) is 19.5 Å². The number of methoxy groups -OCH3 is 1. The molecule has 0 aliphatic rings. The van der Waals surface area contributed by atoms with Gasteiger partial charge in [-0.2, -0.15) is 0 Å². The second-order valence-corrected chi connectivity index (χ2v) is 3.42. The first kappa shape index (κ1) is 13.1. The van der Waals surface area contributed by atoms with Gasteiger partial charge >= 0.3 is 12.2 Å². The summed E-state index contributed by atoms with van der Waals surface area (Å²) >= 11 is 5.73. The van der Waals surface area contributed by atoms with Crippen LogP contribution in [0.3, 0.4) is 0 Å². The van der Waals surface area contributed by atoms with Gasteiger partial charge in [-0.25, -0.2) is 9.59 Å². The summed E-state index contributed by atoms with van der Waals surface area (Å²) in [6.45, 7) is 0. The first-order valence-electron chi connectivity index (χ1n) is 4.59. The van der Waals surface area contributed by atoms with Gasteiger partial charge in [0.25, 0.3) is 0 Å². The zero-order valence-corrected chi connectivity index (χ0v) is 10.0. The number of carbonyl (C=O) groups excluding carboxylic acids is 2. The highest BCUT2D eigenvalue weighted by atomic mass is 35.5. The Hall–Kier alpha value is -1.95. The predicted molar refractivity (Wildman–Crippen MR) is 61.7 cm³/mol. The molecule has 17 heavy (non-hydrogen) atoms. The van der Waals surface area contributed by atoms with E-state index in [-0.39, 0.29) is 0 Å². The Morgan fingerprint density at radius 1 is 1.41 bits per heavy atom. The molecule has 7 heteroatoms. The van der Waals surface area contributed by atoms with Crippen molar-refractivity contribution >= 4 is 29.5 Å². The van der Waals surface area contributed by atoms with Gasteiger partial charge in [-0.1, -0.05) is 17.7 Å². The van der Waals surface area contributed by atoms with Gasteiger partial charge in [0, 0.05) is 10.7 Å². The molecule has 0 atom stereocenters. The van der Waals surface area contributed by atoms with Crippen LogP contribution in [0, 0.1) is 0 Å². The highest BCUT2D eigenvalue weighted by Gasteiger charge is 2.14. The number of halogens is 1. The number of rotatable bonds is 1. The van der Waals surface area contributed by atoms with Crippen molar-refractivity contribution in [2.45, 2.75) is 0 Å². The highest BCUT2D eigenvalue weighted by Crippen LogP contribution is 2.15. The van der Waals surface area contributed by atoms with E-state index in [2.05, 4.69) is 14.9 Å². The fraction of sp³-hybridized carbons (Fsp3) is 0.200. The number of ether oxygens (including phenoxy) is 1. The van der Waals surface area contributed by atoms with E-state index in [0.29, 0.717) is 15.8 Å². The largest absolute Gasteiger partial charge is 0.451 e. The van der Waals surface area contributed by atoms with Crippen molar-refractivity contribution in [1.29, 1.82) is 0 Å². The maximum Gasteiger partial charge on any atom is 0.442 e. The van der Waals surface area contributed by atoms with Crippen molar-refractivity contribution in [3.8, 4) is 0 Å². The normalized spacial score (nSPS) is 9.35. The number of hydrogen-bond donors (Lipinski definition) is 1. The van der Waals surface area contributed by atoms with Crippen LogP contribution in [-0.2, 0) is 9.57 Å². The summed E-state index contributed by atoms with van der Waals surface area (Å²) in [7, 11) is 2.43. The van der Waals surface area contributed by atoms with E-state index >= 15 is 0 Å². The smallest absolute Gasteiger partial charge is 0.442 e. The molecule has 2 amide bonds. The third-order valence-corrected chi connectivity index (χ3v) is 1.96. The summed E-state index contributed by atoms with van der Waals surface area (Å²) in [6.07, 6.45) is -1.61. The second kappa shape index (κ2) is 5.95. The molecule has 0 fully saturated rings. The van der Waals surface area contributed by atoms with Crippen LogP contribution in [0.5, 0.6) is 0 Å². The maximum absolute atomic E-state index is 11.3. The molecule has 0 radical (unpaired) electrons. The number of hydroxylamine groups is 2. The van der Waals surface area contributed by atoms with Crippen molar-refractivity contribution < 1.29 is 19.2 Å². The van der Waals surface area contributed by atoms with Crippen molar-refractivity contribution in [2.24, 2.45) is 0 Å². The molecule has 1 aromatic carbocycles. The zero-order valence-electron chi connectivity index (χ0n) is 9.27. The molecule has 0 bridgehead atoms. The number of benzene rings is 1. The van der Waals surface area contributed by atoms with Crippen molar-refractivity contribution in [3.05, 3.63) is 29.3 Å². The number of nitrogens with zero attached hydrogens (tertiary/aromatic N) is 1. The summed E-state index contributed by atoms with van der Waals surface area (Å²) in [6, 6.07) is 6.51. The second-order valence-electron chi connectivity index (χ2n) is 2.98. The number of anilines is 1. The first-order chi connectivity index (χ1) is 8.02. The van der Waals surface area contributed by atoms with Gasteiger partial charge in [-0.15, -0.1) is 5.06 Å². The quantitative estimate of drug-likeness (QED) is 0.786. The lowest BCUT2D eigenvalue weighted by Gasteiger charge is -2.14. The van der Waals surface area contributed by atoms with Crippen LogP contribution in [0.1, 0.15) is 0 Å². The molecule has 1 rings (SSSR count). The topological polar surface area (TPSA) is 67.9 Å². The SMILES string of the molecule is COC(=O)N(C)OC(=O)Nc1cccc(Cl)c1. The summed E-state index contributed by atoms with van der Waals surface area (Å²) in [5.41, 5.74) is 0.459. The molecule has 6 nitrogen and oxygen atoms in total. The molecule has 0 aliphatic carbocycles. The predicted octanol–water partition coefficient (Wildman–Crippen LogP) is 2.50. The molecule has 1 N–H and O–H groups in total. The fourth-order valence-electron chi connectivity index (χ4n) is 0.997. The van der Waals surface area contributed by atoms with Crippen LogP contribution < -0.4 is 5.32 Å². The lowest BCUT2D eigenvalue weighted by molar-refractivity contribution is -0.0544. The van der Waals surface area contributed by atoms with Crippen LogP contribution in [0.15, 0.2) is 24.3 Å². The van der Waals surface area contributed by atoms with Gasteiger partial charge in [0.05, 0.1) is 14.2 Å². The maximum atomic E-state index is 11.3. The minimum atomic E-state index is -0.819. The average molecular weight is 259 g/mol. The van der Waals surface area contributed by atoms with Gasteiger partial charge in [-0.05, 0) is 18.2 Å². The summed E-state index contributed by atoms with van der Waals surface area (Å²) in [5, 5.41) is 3.54. The van der Waals surface area contributed by atoms with E-state index in [1.807, 2.05) is 0 Å². The lowest BCUT2D eigenvalue weighted by Crippen LogP contribution is -2.31. The van der Waals surface area contributed by atoms with E-state index in [4.69, 9.17) is 11.6 Å². The minimum Gasteiger partial charge on any atom is -0.451 e. The molecule has 0 unspecified atom stereocenters. The third kappa shape index (κ3) is 4.20. The van der Waals surface area contributed by atoms with Gasteiger partial charge in [0.15, 0.2) is 0 Å². The molecule has 1 aromatic rings. The Bertz CT molecular complexity index is 425. The van der Waals surface area contributed by atoms with E-state index in [0.717, 1.165) is 0 Å². The van der Waals surface area contributed by atoms with Gasteiger partial charge < -0.3 is 9.57 Å². The molecule has 0 saturated heterocycles. The number of carbonyl (C=O) groups is 2. The Labute approximate surface area is 103 Å². The highest BCUT2D eigenvalue weighted by molar-refractivity contribution is 6.30. The average Bonchev–Trinajstić information content (AvgIpc) is 2.27. The molecule has 0 heterocycles. The van der Waals surface area contributed by atoms with Crippen LogP contribution >= 0.6 is 11.6 Å². The lowest BCUT2D eigenvalue weighted by atomic mass is 10.3. The van der Waals surface area contributed by atoms with Gasteiger partial charge in [0.2, 0.25) is 0 Å². The van der Waals surface area contributed by atoms with Crippen LogP contribution in [0.2, 0.25) is 5.02 Å². The zero-order chi connectivity index (χ0) is 12.8. The summed E-state index contributed by atoms with van der Waals surface area (Å²) in [4.78, 5) is 26.9. The van der Waals surface area contributed by atoms with Crippen LogP contribution in [-0.4, -0.2) is 31.4 Å². The molecular formula is C10H11ClN2O4. The molecule has 0 saturated carbocycles. The Balaban J connectivity index is 2.53. The number of hydrogen-bond acceptors (Lipinski definition) is 4. The summed E-state index contributed by atoms with van der Waals surface area (Å²) < 4.78 is 4.34. The number of nitrogens with one attached hydrogen (secondary N) is 1. The Kier molecular flexibility index (Phi) is 4.59. The van der Waals surface area contributed by atoms with Crippen molar-refractivity contribution in [3.63, 3.8) is 0 Å². The fourth-order valence-corrected chi connectivity index (χ4v) is 1.19. The Morgan fingerprint density at radius 2 is 2.12 bits per heavy atom. The molecule has 0 aromatic heterocycles. The van der Waals surface area contributed by atoms with Gasteiger partial charge in [0.1, 0.15) is 0 Å². The summed E-state index contributed by atoms with van der Waals surface area (Å²) in [5.74, 6) is 0. The molecule has 92 valence electrons. The van der Waals surface area contributed by atoms with Crippen molar-refractivity contribution in [1.82, 2.24) is 5.06 Å². The first-order valence-corrected chi connectivity index (χ1v) is 4.97. The molecule has 0 aliphatic heterocycles. The third-order valence-electron chi connectivity index (χ3n) is 1.72. The van der Waals surface area contributed by atoms with E-state index < -0.39 is 12.2 Å². The van der Waals surface area contributed by atoms with Crippen LogP contribution in [0.25, 0.3) is 0 Å². The van der Waals surface area contributed by atoms with Crippen LogP contribution in [0.4, 0.5) is 15.3 Å². The molecule has 0 spiro atoms. The van der Waals surface area contributed by atoms with Gasteiger partial charge in [-0.3, -0.25) is 5.32 Å². The molecular weight excluding hydrogens is 248 g/mol. The number of amides is 2. The minimum absolute atomic E-state index is 0.459.